The quantitative estimate of drug-likeness (QED) is 0.890. The van der Waals surface area contributed by atoms with Crippen molar-refractivity contribution in [2.24, 2.45) is 0 Å². The van der Waals surface area contributed by atoms with E-state index in [9.17, 15) is 4.79 Å². The fourth-order valence-electron chi connectivity index (χ4n) is 1.58. The number of anilines is 1. The van der Waals surface area contributed by atoms with Gasteiger partial charge in [0.1, 0.15) is 4.47 Å². The summed E-state index contributed by atoms with van der Waals surface area (Å²) in [6.07, 6.45) is 1.41. The van der Waals surface area contributed by atoms with Gasteiger partial charge in [0.15, 0.2) is 5.82 Å². The number of H-pyrrole nitrogens is 1. The van der Waals surface area contributed by atoms with Crippen molar-refractivity contribution in [1.82, 2.24) is 9.97 Å². The van der Waals surface area contributed by atoms with Gasteiger partial charge < -0.3 is 14.6 Å². The summed E-state index contributed by atoms with van der Waals surface area (Å²) >= 11 is 3.25. The lowest BCUT2D eigenvalue weighted by Gasteiger charge is -2.28. The first-order valence-electron chi connectivity index (χ1n) is 5.10. The zero-order valence-corrected chi connectivity index (χ0v) is 11.2. The molecule has 0 saturated heterocycles. The number of aromatic nitrogens is 2. The van der Waals surface area contributed by atoms with Crippen LogP contribution in [0.1, 0.15) is 13.8 Å². The maximum absolute atomic E-state index is 11.4. The van der Waals surface area contributed by atoms with Crippen molar-refractivity contribution in [2.75, 3.05) is 25.2 Å². The summed E-state index contributed by atoms with van der Waals surface area (Å²) < 4.78 is 5.57. The van der Waals surface area contributed by atoms with Crippen LogP contribution in [0.5, 0.6) is 0 Å². The van der Waals surface area contributed by atoms with Crippen molar-refractivity contribution in [2.45, 2.75) is 19.9 Å². The van der Waals surface area contributed by atoms with Gasteiger partial charge in [-0.2, -0.15) is 0 Å². The third kappa shape index (κ3) is 2.82. The van der Waals surface area contributed by atoms with Crippen molar-refractivity contribution < 1.29 is 4.74 Å². The van der Waals surface area contributed by atoms with Crippen molar-refractivity contribution in [1.29, 1.82) is 0 Å². The zero-order valence-electron chi connectivity index (χ0n) is 9.66. The Bertz CT molecular complexity index is 394. The van der Waals surface area contributed by atoms with Gasteiger partial charge in [-0.3, -0.25) is 4.79 Å². The second kappa shape index (κ2) is 6.00. The molecule has 1 heterocycles. The van der Waals surface area contributed by atoms with Gasteiger partial charge in [0.2, 0.25) is 0 Å². The van der Waals surface area contributed by atoms with E-state index in [1.54, 1.807) is 7.11 Å². The molecule has 16 heavy (non-hydrogen) atoms. The topological polar surface area (TPSA) is 58.2 Å². The van der Waals surface area contributed by atoms with E-state index in [-0.39, 0.29) is 11.6 Å². The highest BCUT2D eigenvalue weighted by atomic mass is 79.9. The molecule has 90 valence electrons. The van der Waals surface area contributed by atoms with E-state index < -0.39 is 0 Å². The van der Waals surface area contributed by atoms with E-state index in [4.69, 9.17) is 4.74 Å². The molecule has 0 saturated carbocycles. The highest BCUT2D eigenvalue weighted by Gasteiger charge is 2.17. The molecule has 1 rings (SSSR count). The predicted octanol–water partition coefficient (Wildman–Crippen LogP) is 1.39. The van der Waals surface area contributed by atoms with Crippen LogP contribution in [0.15, 0.2) is 15.6 Å². The van der Waals surface area contributed by atoms with Crippen LogP contribution in [-0.2, 0) is 4.74 Å². The summed E-state index contributed by atoms with van der Waals surface area (Å²) in [5.41, 5.74) is -0.173. The number of methoxy groups -OCH3 is 1. The van der Waals surface area contributed by atoms with Crippen molar-refractivity contribution in [3.63, 3.8) is 0 Å². The van der Waals surface area contributed by atoms with E-state index in [1.807, 2.05) is 18.7 Å². The minimum absolute atomic E-state index is 0.167. The first-order chi connectivity index (χ1) is 7.61. The highest BCUT2D eigenvalue weighted by Crippen LogP contribution is 2.20. The molecule has 0 aliphatic heterocycles. The van der Waals surface area contributed by atoms with E-state index in [2.05, 4.69) is 25.9 Å². The van der Waals surface area contributed by atoms with Gasteiger partial charge in [0, 0.05) is 13.7 Å². The lowest BCUT2D eigenvalue weighted by Crippen LogP contribution is -2.37. The Labute approximate surface area is 103 Å². The zero-order chi connectivity index (χ0) is 12.1. The van der Waals surface area contributed by atoms with Gasteiger partial charge >= 0.3 is 0 Å². The molecule has 1 aromatic rings. The molecule has 1 unspecified atom stereocenters. The molecular weight excluding hydrogens is 274 g/mol. The number of likely N-dealkylation sites (N-methyl/N-ethyl adjacent to an activating group) is 1. The number of nitrogens with one attached hydrogen (secondary N) is 1. The molecule has 0 spiro atoms. The normalized spacial score (nSPS) is 12.5. The minimum atomic E-state index is -0.173. The Morgan fingerprint density at radius 2 is 2.38 bits per heavy atom. The second-order valence-electron chi connectivity index (χ2n) is 3.46. The SMILES string of the molecule is CCN(c1nc[nH]c(=O)c1Br)C(C)COC. The summed E-state index contributed by atoms with van der Waals surface area (Å²) in [7, 11) is 1.66. The van der Waals surface area contributed by atoms with E-state index in [0.717, 1.165) is 6.54 Å². The van der Waals surface area contributed by atoms with Crippen LogP contribution < -0.4 is 10.5 Å². The Balaban J connectivity index is 3.04. The van der Waals surface area contributed by atoms with Gasteiger partial charge in [0.05, 0.1) is 19.0 Å². The van der Waals surface area contributed by atoms with Crippen molar-refractivity contribution in [3.05, 3.63) is 21.2 Å². The van der Waals surface area contributed by atoms with Crippen LogP contribution in [0.3, 0.4) is 0 Å². The van der Waals surface area contributed by atoms with Crippen LogP contribution in [-0.4, -0.2) is 36.3 Å². The molecule has 0 amide bonds. The van der Waals surface area contributed by atoms with Gasteiger partial charge in [-0.25, -0.2) is 4.98 Å². The third-order valence-electron chi connectivity index (χ3n) is 2.33. The van der Waals surface area contributed by atoms with Gasteiger partial charge in [-0.15, -0.1) is 0 Å². The molecule has 0 radical (unpaired) electrons. The predicted molar refractivity (Wildman–Crippen MR) is 66.9 cm³/mol. The maximum atomic E-state index is 11.4. The molecular formula is C10H16BrN3O2. The van der Waals surface area contributed by atoms with E-state index in [0.29, 0.717) is 16.9 Å². The number of aromatic amines is 1. The van der Waals surface area contributed by atoms with E-state index >= 15 is 0 Å². The minimum Gasteiger partial charge on any atom is -0.383 e. The largest absolute Gasteiger partial charge is 0.383 e. The molecule has 1 atom stereocenters. The van der Waals surface area contributed by atoms with Gasteiger partial charge in [-0.1, -0.05) is 0 Å². The molecule has 5 nitrogen and oxygen atoms in total. The standard InChI is InChI=1S/C10H16BrN3O2/c1-4-14(7(2)5-16-3)9-8(11)10(15)13-6-12-9/h6-7H,4-5H2,1-3H3,(H,12,13,15). The number of rotatable bonds is 5. The van der Waals surface area contributed by atoms with Crippen LogP contribution >= 0.6 is 15.9 Å². The molecule has 0 aliphatic rings. The fraction of sp³-hybridized carbons (Fsp3) is 0.600. The highest BCUT2D eigenvalue weighted by molar-refractivity contribution is 9.10. The molecule has 0 aromatic carbocycles. The number of halogens is 1. The molecule has 0 aliphatic carbocycles. The first kappa shape index (κ1) is 13.2. The van der Waals surface area contributed by atoms with Crippen LogP contribution in [0, 0.1) is 0 Å². The smallest absolute Gasteiger partial charge is 0.267 e. The lowest BCUT2D eigenvalue weighted by molar-refractivity contribution is 0.181. The second-order valence-corrected chi connectivity index (χ2v) is 4.25. The van der Waals surface area contributed by atoms with Gasteiger partial charge in [-0.05, 0) is 29.8 Å². The fourth-order valence-corrected chi connectivity index (χ4v) is 2.02. The summed E-state index contributed by atoms with van der Waals surface area (Å²) in [5.74, 6) is 0.649. The molecule has 6 heteroatoms. The van der Waals surface area contributed by atoms with E-state index in [1.165, 1.54) is 6.33 Å². The molecule has 0 fully saturated rings. The van der Waals surface area contributed by atoms with Crippen molar-refractivity contribution >= 4 is 21.7 Å². The molecule has 1 N–H and O–H groups in total. The van der Waals surface area contributed by atoms with Crippen LogP contribution in [0.4, 0.5) is 5.82 Å². The van der Waals surface area contributed by atoms with Crippen molar-refractivity contribution in [3.8, 4) is 0 Å². The Morgan fingerprint density at radius 1 is 1.69 bits per heavy atom. The van der Waals surface area contributed by atoms with Crippen LogP contribution in [0.2, 0.25) is 0 Å². The third-order valence-corrected chi connectivity index (χ3v) is 3.05. The lowest BCUT2D eigenvalue weighted by atomic mass is 10.3. The Morgan fingerprint density at radius 3 is 2.94 bits per heavy atom. The number of hydrogen-bond acceptors (Lipinski definition) is 4. The maximum Gasteiger partial charge on any atom is 0.267 e. The summed E-state index contributed by atoms with van der Waals surface area (Å²) in [5, 5.41) is 0. The average molecular weight is 290 g/mol. The molecule has 1 aromatic heterocycles. The molecule has 0 bridgehead atoms. The Hall–Kier alpha value is -0.880. The van der Waals surface area contributed by atoms with Gasteiger partial charge in [0.25, 0.3) is 5.56 Å². The monoisotopic (exact) mass is 289 g/mol. The average Bonchev–Trinajstić information content (AvgIpc) is 2.25. The number of ether oxygens (including phenoxy) is 1. The number of hydrogen-bond donors (Lipinski definition) is 1. The summed E-state index contributed by atoms with van der Waals surface area (Å²) in [6.45, 7) is 5.40. The first-order valence-corrected chi connectivity index (χ1v) is 5.89. The Kier molecular flexibility index (Phi) is 4.95. The number of nitrogens with zero attached hydrogens (tertiary/aromatic N) is 2. The summed E-state index contributed by atoms with van der Waals surface area (Å²) in [6, 6.07) is 0.167. The summed E-state index contributed by atoms with van der Waals surface area (Å²) in [4.78, 5) is 20.2. The van der Waals surface area contributed by atoms with Crippen LogP contribution in [0.25, 0.3) is 0 Å².